The van der Waals surface area contributed by atoms with Crippen molar-refractivity contribution in [2.75, 3.05) is 5.75 Å². The number of thioether (sulfide) groups is 1. The van der Waals surface area contributed by atoms with Gasteiger partial charge in [-0.05, 0) is 31.2 Å². The van der Waals surface area contributed by atoms with Crippen molar-refractivity contribution in [3.05, 3.63) is 45.4 Å². The average molecular weight is 391 g/mol. The number of thiazole rings is 1. The predicted molar refractivity (Wildman–Crippen MR) is 95.7 cm³/mol. The second-order valence-corrected chi connectivity index (χ2v) is 7.28. The molecule has 0 aliphatic heterocycles. The highest BCUT2D eigenvalue weighted by Crippen LogP contribution is 2.27. The van der Waals surface area contributed by atoms with Crippen molar-refractivity contribution in [3.8, 4) is 17.5 Å². The van der Waals surface area contributed by atoms with Crippen LogP contribution in [-0.4, -0.2) is 26.7 Å². The van der Waals surface area contributed by atoms with Crippen LogP contribution in [0.4, 0.5) is 0 Å². The zero-order valence-corrected chi connectivity index (χ0v) is 15.4. The van der Waals surface area contributed by atoms with E-state index in [4.69, 9.17) is 16.0 Å². The fourth-order valence-corrected chi connectivity index (χ4v) is 3.62. The summed E-state index contributed by atoms with van der Waals surface area (Å²) in [6.07, 6.45) is 0. The zero-order valence-electron chi connectivity index (χ0n) is 13.0. The highest BCUT2D eigenvalue weighted by molar-refractivity contribution is 7.99. The minimum absolute atomic E-state index is 0.0547. The molecule has 9 heteroatoms. The average Bonchev–Trinajstić information content (AvgIpc) is 3.24. The summed E-state index contributed by atoms with van der Waals surface area (Å²) < 4.78 is 5.53. The normalized spacial score (nSPS) is 11.9. The van der Waals surface area contributed by atoms with Gasteiger partial charge in [-0.25, -0.2) is 4.98 Å². The Morgan fingerprint density at radius 1 is 1.40 bits per heavy atom. The molecule has 0 fully saturated rings. The number of hydrogen-bond donors (Lipinski definition) is 0. The van der Waals surface area contributed by atoms with E-state index in [2.05, 4.69) is 15.2 Å². The molecule has 0 saturated heterocycles. The van der Waals surface area contributed by atoms with Gasteiger partial charge in [-0.2, -0.15) is 5.26 Å². The van der Waals surface area contributed by atoms with Crippen LogP contribution in [-0.2, 0) is 4.79 Å². The van der Waals surface area contributed by atoms with Gasteiger partial charge in [0.15, 0.2) is 11.7 Å². The molecule has 3 rings (SSSR count). The topological polar surface area (TPSA) is 92.7 Å². The number of nitriles is 1. The highest BCUT2D eigenvalue weighted by atomic mass is 35.5. The van der Waals surface area contributed by atoms with E-state index in [1.807, 2.05) is 18.4 Å². The first kappa shape index (κ1) is 17.6. The van der Waals surface area contributed by atoms with E-state index in [0.717, 1.165) is 23.0 Å². The smallest absolute Gasteiger partial charge is 0.277 e. The van der Waals surface area contributed by atoms with Gasteiger partial charge in [-0.15, -0.1) is 21.5 Å². The molecule has 6 nitrogen and oxygen atoms in total. The van der Waals surface area contributed by atoms with Crippen LogP contribution in [0.25, 0.3) is 11.5 Å². The van der Waals surface area contributed by atoms with E-state index in [9.17, 15) is 10.1 Å². The number of halogens is 1. The maximum absolute atomic E-state index is 12.3. The molecule has 0 spiro atoms. The monoisotopic (exact) mass is 390 g/mol. The van der Waals surface area contributed by atoms with Crippen molar-refractivity contribution in [3.63, 3.8) is 0 Å². The van der Waals surface area contributed by atoms with Crippen molar-refractivity contribution >= 4 is 40.5 Å². The molecule has 0 aliphatic carbocycles. The van der Waals surface area contributed by atoms with Crippen LogP contribution in [0.1, 0.15) is 16.6 Å². The molecule has 3 aromatic rings. The molecular weight excluding hydrogens is 380 g/mol. The van der Waals surface area contributed by atoms with Gasteiger partial charge in [0.2, 0.25) is 5.89 Å². The number of rotatable bonds is 6. The second-order valence-electron chi connectivity index (χ2n) is 5.02. The highest BCUT2D eigenvalue weighted by Gasteiger charge is 2.24. The first-order valence-electron chi connectivity index (χ1n) is 7.13. The lowest BCUT2D eigenvalue weighted by Gasteiger charge is -2.02. The Balaban J connectivity index is 1.64. The molecule has 0 amide bonds. The van der Waals surface area contributed by atoms with E-state index in [-0.39, 0.29) is 16.8 Å². The fourth-order valence-electron chi connectivity index (χ4n) is 1.96. The lowest BCUT2D eigenvalue weighted by atomic mass is 10.1. The number of carbonyl (C=O) groups is 1. The van der Waals surface area contributed by atoms with Crippen LogP contribution in [0.3, 0.4) is 0 Å². The molecule has 2 heterocycles. The summed E-state index contributed by atoms with van der Waals surface area (Å²) in [6, 6.07) is 9.00. The molecule has 25 heavy (non-hydrogen) atoms. The molecule has 0 saturated carbocycles. The van der Waals surface area contributed by atoms with Crippen LogP contribution in [0.15, 0.2) is 39.3 Å². The Morgan fingerprint density at radius 3 is 2.80 bits per heavy atom. The van der Waals surface area contributed by atoms with Gasteiger partial charge in [-0.3, -0.25) is 4.79 Å². The van der Waals surface area contributed by atoms with Crippen molar-refractivity contribution < 1.29 is 9.21 Å². The number of benzene rings is 1. The first-order valence-corrected chi connectivity index (χ1v) is 9.37. The molecule has 0 bridgehead atoms. The molecule has 2 aromatic heterocycles. The number of hydrogen-bond acceptors (Lipinski definition) is 8. The maximum Gasteiger partial charge on any atom is 0.277 e. The second kappa shape index (κ2) is 7.78. The summed E-state index contributed by atoms with van der Waals surface area (Å²) >= 11 is 8.26. The Labute approximate surface area is 156 Å². The summed E-state index contributed by atoms with van der Waals surface area (Å²) in [7, 11) is 0. The number of Topliss-reactive ketones (excluding diaryl/α,β-unsaturated/α-hetero) is 1. The molecule has 0 unspecified atom stereocenters. The van der Waals surface area contributed by atoms with Crippen molar-refractivity contribution in [2.24, 2.45) is 0 Å². The third kappa shape index (κ3) is 4.25. The summed E-state index contributed by atoms with van der Waals surface area (Å²) in [6.45, 7) is 1.82. The largest absolute Gasteiger partial charge is 0.411 e. The van der Waals surface area contributed by atoms with E-state index in [1.165, 1.54) is 11.3 Å². The summed E-state index contributed by atoms with van der Waals surface area (Å²) in [5.74, 6) is -0.712. The van der Waals surface area contributed by atoms with Crippen LogP contribution in [0.5, 0.6) is 0 Å². The Morgan fingerprint density at radius 2 is 2.16 bits per heavy atom. The summed E-state index contributed by atoms with van der Waals surface area (Å²) in [5, 5.41) is 20.3. The minimum Gasteiger partial charge on any atom is -0.411 e. The Kier molecular flexibility index (Phi) is 5.48. The van der Waals surface area contributed by atoms with E-state index >= 15 is 0 Å². The quantitative estimate of drug-likeness (QED) is 0.584. The number of carbonyl (C=O) groups excluding carboxylic acids is 1. The standard InChI is InChI=1S/C16H11ClN4O2S2/c1-9-7-24-15(19-9)12(6-18)13(22)8-25-16-21-20-14(23-16)10-2-4-11(17)5-3-10/h2-5,7,12H,8H2,1H3/t12-/m1/s1. The van der Waals surface area contributed by atoms with Gasteiger partial charge in [0.05, 0.1) is 11.8 Å². The Hall–Kier alpha value is -2.21. The SMILES string of the molecule is Cc1csc([C@H](C#N)C(=O)CSc2nnc(-c3ccc(Cl)cc3)o2)n1. The number of aryl methyl sites for hydroxylation is 1. The minimum atomic E-state index is -0.871. The number of nitrogens with zero attached hydrogens (tertiary/aromatic N) is 4. The van der Waals surface area contributed by atoms with E-state index in [0.29, 0.717) is 15.9 Å². The maximum atomic E-state index is 12.3. The van der Waals surface area contributed by atoms with Gasteiger partial charge in [0.25, 0.3) is 5.22 Å². The predicted octanol–water partition coefficient (Wildman–Crippen LogP) is 4.12. The molecule has 0 aliphatic rings. The summed E-state index contributed by atoms with van der Waals surface area (Å²) in [4.78, 5) is 16.5. The van der Waals surface area contributed by atoms with Gasteiger partial charge < -0.3 is 4.42 Å². The number of aromatic nitrogens is 3. The molecule has 0 radical (unpaired) electrons. The third-order valence-corrected chi connectivity index (χ3v) is 5.29. The van der Waals surface area contributed by atoms with Gasteiger partial charge in [0, 0.05) is 21.7 Å². The van der Waals surface area contributed by atoms with Gasteiger partial charge >= 0.3 is 0 Å². The molecular formula is C16H11ClN4O2S2. The Bertz CT molecular complexity index is 930. The lowest BCUT2D eigenvalue weighted by Crippen LogP contribution is -2.13. The van der Waals surface area contributed by atoms with Crippen LogP contribution < -0.4 is 0 Å². The van der Waals surface area contributed by atoms with Crippen LogP contribution in [0, 0.1) is 18.3 Å². The van der Waals surface area contributed by atoms with Crippen LogP contribution >= 0.6 is 34.7 Å². The number of ketones is 1. The fraction of sp³-hybridized carbons (Fsp3) is 0.188. The third-order valence-electron chi connectivity index (χ3n) is 3.17. The summed E-state index contributed by atoms with van der Waals surface area (Å²) in [5.41, 5.74) is 1.54. The van der Waals surface area contributed by atoms with E-state index in [1.54, 1.807) is 24.3 Å². The lowest BCUT2D eigenvalue weighted by molar-refractivity contribution is -0.116. The zero-order chi connectivity index (χ0) is 17.8. The molecule has 126 valence electrons. The van der Waals surface area contributed by atoms with Crippen molar-refractivity contribution in [1.29, 1.82) is 5.26 Å². The molecule has 0 N–H and O–H groups in total. The molecule has 1 atom stereocenters. The van der Waals surface area contributed by atoms with Gasteiger partial charge in [-0.1, -0.05) is 23.4 Å². The van der Waals surface area contributed by atoms with Crippen molar-refractivity contribution in [2.45, 2.75) is 18.1 Å². The molecule has 1 aromatic carbocycles. The first-order chi connectivity index (χ1) is 12.1. The van der Waals surface area contributed by atoms with Crippen LogP contribution in [0.2, 0.25) is 5.02 Å². The van der Waals surface area contributed by atoms with Crippen molar-refractivity contribution in [1.82, 2.24) is 15.2 Å². The van der Waals surface area contributed by atoms with E-state index < -0.39 is 5.92 Å². The van der Waals surface area contributed by atoms with Gasteiger partial charge in [0.1, 0.15) is 5.01 Å².